The molecule has 0 saturated heterocycles. The molecule has 2 bridgehead atoms. The Labute approximate surface area is 108 Å². The fourth-order valence-electron chi connectivity index (χ4n) is 3.89. The van der Waals surface area contributed by atoms with Crippen molar-refractivity contribution in [1.29, 1.82) is 0 Å². The molecule has 4 atom stereocenters. The van der Waals surface area contributed by atoms with Gasteiger partial charge < -0.3 is 5.32 Å². The highest BCUT2D eigenvalue weighted by Crippen LogP contribution is 2.49. The van der Waals surface area contributed by atoms with Crippen molar-refractivity contribution in [2.45, 2.75) is 45.2 Å². The molecule has 1 heterocycles. The average molecular weight is 248 g/mol. The van der Waals surface area contributed by atoms with Crippen molar-refractivity contribution >= 4 is 0 Å². The van der Waals surface area contributed by atoms with Gasteiger partial charge in [0.05, 0.1) is 6.20 Å². The Morgan fingerprint density at radius 1 is 1.39 bits per heavy atom. The second kappa shape index (κ2) is 4.96. The van der Waals surface area contributed by atoms with Crippen LogP contribution in [0.1, 0.15) is 38.2 Å². The van der Waals surface area contributed by atoms with Crippen LogP contribution in [-0.4, -0.2) is 11.0 Å². The van der Waals surface area contributed by atoms with E-state index in [0.717, 1.165) is 29.9 Å². The van der Waals surface area contributed by atoms with Crippen molar-refractivity contribution in [2.75, 3.05) is 0 Å². The van der Waals surface area contributed by atoms with E-state index in [1.54, 1.807) is 12.3 Å². The molecule has 0 aromatic carbocycles. The number of aromatic nitrogens is 1. The van der Waals surface area contributed by atoms with Crippen LogP contribution in [0.15, 0.2) is 18.5 Å². The van der Waals surface area contributed by atoms with E-state index < -0.39 is 0 Å². The van der Waals surface area contributed by atoms with E-state index >= 15 is 0 Å². The topological polar surface area (TPSA) is 24.9 Å². The summed E-state index contributed by atoms with van der Waals surface area (Å²) in [6.07, 6.45) is 8.69. The summed E-state index contributed by atoms with van der Waals surface area (Å²) in [4.78, 5) is 3.88. The first-order valence-corrected chi connectivity index (χ1v) is 7.05. The van der Waals surface area contributed by atoms with Gasteiger partial charge in [-0.3, -0.25) is 4.98 Å². The molecule has 4 unspecified atom stereocenters. The highest BCUT2D eigenvalue weighted by Gasteiger charge is 2.41. The lowest BCUT2D eigenvalue weighted by atomic mass is 9.84. The first-order chi connectivity index (χ1) is 8.72. The zero-order valence-electron chi connectivity index (χ0n) is 10.9. The van der Waals surface area contributed by atoms with Crippen molar-refractivity contribution in [3.63, 3.8) is 0 Å². The Hall–Kier alpha value is -0.960. The summed E-state index contributed by atoms with van der Waals surface area (Å²) in [6.45, 7) is 3.00. The molecule has 3 rings (SSSR count). The van der Waals surface area contributed by atoms with Gasteiger partial charge in [-0.2, -0.15) is 0 Å². The van der Waals surface area contributed by atoms with Crippen LogP contribution in [0, 0.1) is 23.6 Å². The second-order valence-electron chi connectivity index (χ2n) is 6.02. The smallest absolute Gasteiger partial charge is 0.141 e. The summed E-state index contributed by atoms with van der Waals surface area (Å²) >= 11 is 0. The normalized spacial score (nSPS) is 31.8. The van der Waals surface area contributed by atoms with E-state index in [1.165, 1.54) is 31.9 Å². The Morgan fingerprint density at radius 3 is 2.94 bits per heavy atom. The Kier molecular flexibility index (Phi) is 3.33. The molecule has 1 aromatic heterocycles. The minimum Gasteiger partial charge on any atom is -0.310 e. The van der Waals surface area contributed by atoms with Crippen LogP contribution in [0.2, 0.25) is 0 Å². The van der Waals surface area contributed by atoms with E-state index in [1.807, 2.05) is 0 Å². The van der Waals surface area contributed by atoms with Crippen molar-refractivity contribution in [2.24, 2.45) is 17.8 Å². The number of hydrogen-bond donors (Lipinski definition) is 1. The molecule has 98 valence electrons. The van der Waals surface area contributed by atoms with Crippen LogP contribution in [0.25, 0.3) is 0 Å². The summed E-state index contributed by atoms with van der Waals surface area (Å²) in [5, 5.41) is 3.55. The summed E-state index contributed by atoms with van der Waals surface area (Å²) in [7, 11) is 0. The third kappa shape index (κ3) is 2.41. The molecular weight excluding hydrogens is 227 g/mol. The van der Waals surface area contributed by atoms with Crippen LogP contribution in [0.4, 0.5) is 4.39 Å². The van der Waals surface area contributed by atoms with Gasteiger partial charge in [0.2, 0.25) is 0 Å². The van der Waals surface area contributed by atoms with Crippen molar-refractivity contribution < 1.29 is 4.39 Å². The lowest BCUT2D eigenvalue weighted by Crippen LogP contribution is -2.35. The highest BCUT2D eigenvalue weighted by molar-refractivity contribution is 5.10. The van der Waals surface area contributed by atoms with Gasteiger partial charge in [-0.05, 0) is 55.6 Å². The molecule has 0 aliphatic heterocycles. The van der Waals surface area contributed by atoms with E-state index in [-0.39, 0.29) is 5.82 Å². The number of pyridine rings is 1. The molecule has 2 aliphatic rings. The molecule has 2 nitrogen and oxygen atoms in total. The molecule has 0 amide bonds. The van der Waals surface area contributed by atoms with E-state index in [2.05, 4.69) is 17.2 Å². The highest BCUT2D eigenvalue weighted by atomic mass is 19.1. The van der Waals surface area contributed by atoms with Crippen LogP contribution >= 0.6 is 0 Å². The van der Waals surface area contributed by atoms with E-state index in [4.69, 9.17) is 0 Å². The van der Waals surface area contributed by atoms with Crippen LogP contribution < -0.4 is 5.32 Å². The third-order valence-corrected chi connectivity index (χ3v) is 4.82. The molecule has 1 aromatic rings. The first-order valence-electron chi connectivity index (χ1n) is 7.05. The van der Waals surface area contributed by atoms with Gasteiger partial charge >= 0.3 is 0 Å². The zero-order chi connectivity index (χ0) is 12.5. The lowest BCUT2D eigenvalue weighted by Gasteiger charge is -2.28. The number of hydrogen-bond acceptors (Lipinski definition) is 2. The van der Waals surface area contributed by atoms with Gasteiger partial charge in [-0.15, -0.1) is 0 Å². The predicted octanol–water partition coefficient (Wildman–Crippen LogP) is 3.14. The Bertz CT molecular complexity index is 421. The van der Waals surface area contributed by atoms with Gasteiger partial charge in [0.25, 0.3) is 0 Å². The molecule has 18 heavy (non-hydrogen) atoms. The summed E-state index contributed by atoms with van der Waals surface area (Å²) in [5.74, 6) is 2.50. The molecular formula is C15H21FN2. The second-order valence-corrected chi connectivity index (χ2v) is 6.02. The fraction of sp³-hybridized carbons (Fsp3) is 0.667. The number of rotatable bonds is 4. The molecule has 0 spiro atoms. The molecule has 2 fully saturated rings. The standard InChI is InChI=1S/C15H21FN2/c1-10(15-6-11-2-3-13(15)4-11)18-8-12-5-14(16)9-17-7-12/h5,7,9-11,13,15,18H,2-4,6,8H2,1H3. The van der Waals surface area contributed by atoms with Crippen LogP contribution in [0.5, 0.6) is 0 Å². The maximum Gasteiger partial charge on any atom is 0.141 e. The monoisotopic (exact) mass is 248 g/mol. The zero-order valence-corrected chi connectivity index (χ0v) is 10.9. The number of nitrogens with zero attached hydrogens (tertiary/aromatic N) is 1. The largest absolute Gasteiger partial charge is 0.310 e. The van der Waals surface area contributed by atoms with Crippen molar-refractivity contribution in [3.05, 3.63) is 29.8 Å². The summed E-state index contributed by atoms with van der Waals surface area (Å²) in [5.41, 5.74) is 0.935. The lowest BCUT2D eigenvalue weighted by molar-refractivity contribution is 0.259. The van der Waals surface area contributed by atoms with Gasteiger partial charge in [0, 0.05) is 18.8 Å². The quantitative estimate of drug-likeness (QED) is 0.885. The van der Waals surface area contributed by atoms with Crippen molar-refractivity contribution in [1.82, 2.24) is 10.3 Å². The number of halogens is 1. The SMILES string of the molecule is CC(NCc1cncc(F)c1)C1CC2CCC1C2. The van der Waals surface area contributed by atoms with Crippen molar-refractivity contribution in [3.8, 4) is 0 Å². The number of nitrogens with one attached hydrogen (secondary N) is 1. The molecule has 3 heteroatoms. The fourth-order valence-corrected chi connectivity index (χ4v) is 3.89. The maximum absolute atomic E-state index is 13.0. The van der Waals surface area contributed by atoms with Gasteiger partial charge in [0.1, 0.15) is 5.82 Å². The van der Waals surface area contributed by atoms with E-state index in [0.29, 0.717) is 6.04 Å². The number of fused-ring (bicyclic) bond motifs is 2. The average Bonchev–Trinajstić information content (AvgIpc) is 2.98. The summed E-state index contributed by atoms with van der Waals surface area (Å²) in [6, 6.07) is 2.09. The predicted molar refractivity (Wildman–Crippen MR) is 69.4 cm³/mol. The van der Waals surface area contributed by atoms with Crippen LogP contribution in [0.3, 0.4) is 0 Å². The van der Waals surface area contributed by atoms with Gasteiger partial charge in [0.15, 0.2) is 0 Å². The Morgan fingerprint density at radius 2 is 2.28 bits per heavy atom. The van der Waals surface area contributed by atoms with Gasteiger partial charge in [-0.1, -0.05) is 6.42 Å². The first kappa shape index (κ1) is 12.1. The minimum atomic E-state index is -0.248. The third-order valence-electron chi connectivity index (χ3n) is 4.82. The maximum atomic E-state index is 13.0. The van der Waals surface area contributed by atoms with Crippen LogP contribution in [-0.2, 0) is 6.54 Å². The summed E-state index contributed by atoms with van der Waals surface area (Å²) < 4.78 is 13.0. The molecule has 1 N–H and O–H groups in total. The van der Waals surface area contributed by atoms with Gasteiger partial charge in [-0.25, -0.2) is 4.39 Å². The minimum absolute atomic E-state index is 0.248. The van der Waals surface area contributed by atoms with E-state index in [9.17, 15) is 4.39 Å². The molecule has 0 radical (unpaired) electrons. The Balaban J connectivity index is 1.54. The molecule has 2 saturated carbocycles. The molecule has 2 aliphatic carbocycles.